The normalized spacial score (nSPS) is 12.1. The van der Waals surface area contributed by atoms with E-state index in [9.17, 15) is 13.6 Å². The first-order valence-corrected chi connectivity index (χ1v) is 9.68. The summed E-state index contributed by atoms with van der Waals surface area (Å²) in [6.07, 6.45) is 1.84. The quantitative estimate of drug-likeness (QED) is 0.455. The van der Waals surface area contributed by atoms with Gasteiger partial charge in [-0.2, -0.15) is 0 Å². The molecule has 1 atom stereocenters. The molecule has 0 fully saturated rings. The van der Waals surface area contributed by atoms with Crippen LogP contribution >= 0.6 is 0 Å². The summed E-state index contributed by atoms with van der Waals surface area (Å²) in [6.45, 7) is 1.93. The van der Waals surface area contributed by atoms with Gasteiger partial charge in [-0.15, -0.1) is 0 Å². The summed E-state index contributed by atoms with van der Waals surface area (Å²) in [7, 11) is 0. The molecule has 0 aliphatic carbocycles. The van der Waals surface area contributed by atoms with Crippen molar-refractivity contribution in [2.45, 2.75) is 25.8 Å². The van der Waals surface area contributed by atoms with Crippen LogP contribution in [0.15, 0.2) is 71.3 Å². The second kappa shape index (κ2) is 8.45. The number of hydrogen-bond acceptors (Lipinski definition) is 3. The standard InChI is InChI=1S/C24H20F2N2O2/c1-15(17-7-6-16-4-2-3-5-18(16)12-17)28-23(29)10-11-24-27-14-22(30-24)20-9-8-19(25)13-21(20)26/h2-9,12-15H,10-11H2,1H3,(H,28,29). The molecule has 0 saturated heterocycles. The van der Waals surface area contributed by atoms with Crippen LogP contribution in [0.5, 0.6) is 0 Å². The van der Waals surface area contributed by atoms with Crippen molar-refractivity contribution in [1.82, 2.24) is 10.3 Å². The molecule has 0 aliphatic heterocycles. The Morgan fingerprint density at radius 2 is 1.87 bits per heavy atom. The number of nitrogens with one attached hydrogen (secondary N) is 1. The van der Waals surface area contributed by atoms with Crippen LogP contribution in [0.2, 0.25) is 0 Å². The minimum absolute atomic E-state index is 0.129. The molecular formula is C24H20F2N2O2. The zero-order valence-electron chi connectivity index (χ0n) is 16.4. The molecule has 0 radical (unpaired) electrons. The minimum Gasteiger partial charge on any atom is -0.441 e. The van der Waals surface area contributed by atoms with Gasteiger partial charge in [0.15, 0.2) is 11.7 Å². The lowest BCUT2D eigenvalue weighted by atomic mass is 10.0. The number of benzene rings is 3. The Kier molecular flexibility index (Phi) is 5.57. The van der Waals surface area contributed by atoms with Gasteiger partial charge >= 0.3 is 0 Å². The first kappa shape index (κ1) is 19.8. The van der Waals surface area contributed by atoms with Gasteiger partial charge in [-0.1, -0.05) is 36.4 Å². The largest absolute Gasteiger partial charge is 0.441 e. The number of rotatable bonds is 6. The Labute approximate surface area is 172 Å². The molecule has 1 amide bonds. The number of aryl methyl sites for hydroxylation is 1. The maximum atomic E-state index is 13.9. The van der Waals surface area contributed by atoms with Gasteiger partial charge in [-0.3, -0.25) is 4.79 Å². The van der Waals surface area contributed by atoms with E-state index in [0.717, 1.165) is 28.5 Å². The molecular weight excluding hydrogens is 386 g/mol. The van der Waals surface area contributed by atoms with E-state index in [-0.39, 0.29) is 36.1 Å². The fourth-order valence-electron chi connectivity index (χ4n) is 3.33. The highest BCUT2D eigenvalue weighted by Crippen LogP contribution is 2.25. The molecule has 4 aromatic rings. The number of aromatic nitrogens is 1. The lowest BCUT2D eigenvalue weighted by Gasteiger charge is -2.15. The molecule has 0 bridgehead atoms. The summed E-state index contributed by atoms with van der Waals surface area (Å²) in [6, 6.07) is 17.3. The first-order chi connectivity index (χ1) is 14.5. The number of hydrogen-bond donors (Lipinski definition) is 1. The highest BCUT2D eigenvalue weighted by molar-refractivity contribution is 5.83. The fourth-order valence-corrected chi connectivity index (χ4v) is 3.33. The molecule has 6 heteroatoms. The molecule has 30 heavy (non-hydrogen) atoms. The maximum absolute atomic E-state index is 13.9. The zero-order chi connectivity index (χ0) is 21.1. The van der Waals surface area contributed by atoms with E-state index < -0.39 is 11.6 Å². The van der Waals surface area contributed by atoms with Crippen LogP contribution < -0.4 is 5.32 Å². The third-order valence-corrected chi connectivity index (χ3v) is 4.97. The van der Waals surface area contributed by atoms with Crippen molar-refractivity contribution < 1.29 is 18.0 Å². The first-order valence-electron chi connectivity index (χ1n) is 9.68. The topological polar surface area (TPSA) is 55.1 Å². The van der Waals surface area contributed by atoms with Gasteiger partial charge in [0.2, 0.25) is 5.91 Å². The highest BCUT2D eigenvalue weighted by Gasteiger charge is 2.14. The van der Waals surface area contributed by atoms with Crippen molar-refractivity contribution in [3.63, 3.8) is 0 Å². The SMILES string of the molecule is CC(NC(=O)CCc1ncc(-c2ccc(F)cc2F)o1)c1ccc2ccccc2c1. The molecule has 3 aromatic carbocycles. The van der Waals surface area contributed by atoms with Gasteiger partial charge in [0.05, 0.1) is 17.8 Å². The third-order valence-electron chi connectivity index (χ3n) is 4.97. The Balaban J connectivity index is 1.36. The van der Waals surface area contributed by atoms with Gasteiger partial charge in [-0.25, -0.2) is 13.8 Å². The van der Waals surface area contributed by atoms with Gasteiger partial charge in [0, 0.05) is 18.9 Å². The van der Waals surface area contributed by atoms with Gasteiger partial charge in [-0.05, 0) is 41.5 Å². The summed E-state index contributed by atoms with van der Waals surface area (Å²) in [4.78, 5) is 16.4. The summed E-state index contributed by atoms with van der Waals surface area (Å²) in [5, 5.41) is 5.25. The summed E-state index contributed by atoms with van der Waals surface area (Å²) >= 11 is 0. The van der Waals surface area contributed by atoms with Crippen molar-refractivity contribution >= 4 is 16.7 Å². The van der Waals surface area contributed by atoms with E-state index in [2.05, 4.69) is 16.4 Å². The van der Waals surface area contributed by atoms with Gasteiger partial charge in [0.25, 0.3) is 0 Å². The molecule has 1 aromatic heterocycles. The predicted octanol–water partition coefficient (Wildman–Crippen LogP) is 5.58. The average Bonchev–Trinajstić information content (AvgIpc) is 3.20. The Morgan fingerprint density at radius 1 is 1.07 bits per heavy atom. The van der Waals surface area contributed by atoms with Crippen molar-refractivity contribution in [2.24, 2.45) is 0 Å². The number of carbonyl (C=O) groups is 1. The van der Waals surface area contributed by atoms with E-state index in [1.54, 1.807) is 0 Å². The predicted molar refractivity (Wildman–Crippen MR) is 111 cm³/mol. The molecule has 0 saturated carbocycles. The van der Waals surface area contributed by atoms with Crippen LogP contribution in [-0.4, -0.2) is 10.9 Å². The highest BCUT2D eigenvalue weighted by atomic mass is 19.1. The number of carbonyl (C=O) groups excluding carboxylic acids is 1. The summed E-state index contributed by atoms with van der Waals surface area (Å²) < 4.78 is 32.4. The van der Waals surface area contributed by atoms with Crippen LogP contribution in [0.1, 0.15) is 30.8 Å². The molecule has 0 aliphatic rings. The van der Waals surface area contributed by atoms with E-state index in [0.29, 0.717) is 5.89 Å². The number of amides is 1. The smallest absolute Gasteiger partial charge is 0.220 e. The second-order valence-electron chi connectivity index (χ2n) is 7.14. The molecule has 0 spiro atoms. The fraction of sp³-hybridized carbons (Fsp3) is 0.167. The summed E-state index contributed by atoms with van der Waals surface area (Å²) in [5.74, 6) is -0.995. The average molecular weight is 406 g/mol. The summed E-state index contributed by atoms with van der Waals surface area (Å²) in [5.41, 5.74) is 1.15. The Morgan fingerprint density at radius 3 is 2.67 bits per heavy atom. The van der Waals surface area contributed by atoms with Crippen molar-refractivity contribution in [3.05, 3.63) is 89.9 Å². The number of oxazole rings is 1. The second-order valence-corrected chi connectivity index (χ2v) is 7.14. The maximum Gasteiger partial charge on any atom is 0.220 e. The van der Waals surface area contributed by atoms with Crippen LogP contribution in [-0.2, 0) is 11.2 Å². The van der Waals surface area contributed by atoms with Gasteiger partial charge in [0.1, 0.15) is 11.6 Å². The number of fused-ring (bicyclic) bond motifs is 1. The van der Waals surface area contributed by atoms with Crippen molar-refractivity contribution in [3.8, 4) is 11.3 Å². The van der Waals surface area contributed by atoms with Crippen LogP contribution in [0, 0.1) is 11.6 Å². The van der Waals surface area contributed by atoms with E-state index >= 15 is 0 Å². The molecule has 152 valence electrons. The molecule has 1 heterocycles. The van der Waals surface area contributed by atoms with Crippen LogP contribution in [0.3, 0.4) is 0 Å². The zero-order valence-corrected chi connectivity index (χ0v) is 16.4. The number of halogens is 2. The molecule has 4 nitrogen and oxygen atoms in total. The Hall–Kier alpha value is -3.54. The number of nitrogens with zero attached hydrogens (tertiary/aromatic N) is 1. The van der Waals surface area contributed by atoms with E-state index in [1.807, 2.05) is 43.3 Å². The van der Waals surface area contributed by atoms with Crippen LogP contribution in [0.25, 0.3) is 22.1 Å². The molecule has 4 rings (SSSR count). The van der Waals surface area contributed by atoms with E-state index in [1.165, 1.54) is 12.3 Å². The molecule has 1 unspecified atom stereocenters. The lowest BCUT2D eigenvalue weighted by molar-refractivity contribution is -0.121. The monoisotopic (exact) mass is 406 g/mol. The molecule has 1 N–H and O–H groups in total. The van der Waals surface area contributed by atoms with Gasteiger partial charge < -0.3 is 9.73 Å². The lowest BCUT2D eigenvalue weighted by Crippen LogP contribution is -2.26. The van der Waals surface area contributed by atoms with Crippen LogP contribution in [0.4, 0.5) is 8.78 Å². The Bertz CT molecular complexity index is 1200. The van der Waals surface area contributed by atoms with Crippen molar-refractivity contribution in [2.75, 3.05) is 0 Å². The van der Waals surface area contributed by atoms with E-state index in [4.69, 9.17) is 4.42 Å². The third kappa shape index (κ3) is 4.38. The van der Waals surface area contributed by atoms with Crippen molar-refractivity contribution in [1.29, 1.82) is 0 Å². The minimum atomic E-state index is -0.723.